The Morgan fingerprint density at radius 2 is 1.92 bits per heavy atom. The monoisotopic (exact) mass is 360 g/mol. The summed E-state index contributed by atoms with van der Waals surface area (Å²) in [5.74, 6) is 0.255. The third kappa shape index (κ3) is 4.40. The van der Waals surface area contributed by atoms with Crippen molar-refractivity contribution >= 4 is 17.6 Å². The predicted octanol–water partition coefficient (Wildman–Crippen LogP) is 6.38. The highest BCUT2D eigenvalue weighted by molar-refractivity contribution is 6.30. The molecule has 3 rings (SSSR count). The van der Waals surface area contributed by atoms with E-state index in [1.54, 1.807) is 18.2 Å². The lowest BCUT2D eigenvalue weighted by atomic mass is 9.78. The molecule has 0 saturated heterocycles. The zero-order valence-electron chi connectivity index (χ0n) is 14.3. The Bertz CT molecular complexity index is 751. The number of halogens is 2. The standard InChI is InChI=1S/C21H22ClFO2/c1-2-14-6-8-15(9-7-14)16-10-11-19(20(23)12-16)21(24)25-18-5-3-4-17(22)13-18/h3-5,10-15H,2,6-9H2,1H3. The zero-order valence-corrected chi connectivity index (χ0v) is 15.1. The molecule has 1 saturated carbocycles. The fraction of sp³-hybridized carbons (Fsp3) is 0.381. The van der Waals surface area contributed by atoms with E-state index >= 15 is 0 Å². The number of hydrogen-bond acceptors (Lipinski definition) is 2. The van der Waals surface area contributed by atoms with Crippen LogP contribution in [0, 0.1) is 11.7 Å². The Hall–Kier alpha value is -1.87. The third-order valence-electron chi connectivity index (χ3n) is 5.12. The fourth-order valence-corrected chi connectivity index (χ4v) is 3.73. The van der Waals surface area contributed by atoms with Crippen molar-refractivity contribution in [2.75, 3.05) is 0 Å². The van der Waals surface area contributed by atoms with E-state index < -0.39 is 11.8 Å². The van der Waals surface area contributed by atoms with Gasteiger partial charge in [-0.3, -0.25) is 0 Å². The van der Waals surface area contributed by atoms with Crippen LogP contribution in [0.15, 0.2) is 42.5 Å². The summed E-state index contributed by atoms with van der Waals surface area (Å²) < 4.78 is 19.7. The maximum atomic E-state index is 14.5. The van der Waals surface area contributed by atoms with Crippen LogP contribution in [0.25, 0.3) is 0 Å². The average Bonchev–Trinajstić information content (AvgIpc) is 2.61. The van der Waals surface area contributed by atoms with E-state index in [0.717, 1.165) is 24.3 Å². The van der Waals surface area contributed by atoms with Crippen LogP contribution in [0.4, 0.5) is 4.39 Å². The second-order valence-electron chi connectivity index (χ2n) is 6.71. The molecule has 25 heavy (non-hydrogen) atoms. The molecule has 0 spiro atoms. The number of ether oxygens (including phenoxy) is 1. The van der Waals surface area contributed by atoms with Crippen LogP contribution in [0.3, 0.4) is 0 Å². The summed E-state index contributed by atoms with van der Waals surface area (Å²) in [6.07, 6.45) is 5.78. The van der Waals surface area contributed by atoms with Gasteiger partial charge < -0.3 is 4.74 Å². The van der Waals surface area contributed by atoms with Gasteiger partial charge in [-0.05, 0) is 73.4 Å². The first-order valence-electron chi connectivity index (χ1n) is 8.84. The molecule has 1 aliphatic rings. The molecule has 0 bridgehead atoms. The van der Waals surface area contributed by atoms with Crippen LogP contribution in [-0.4, -0.2) is 5.97 Å². The number of rotatable bonds is 4. The van der Waals surface area contributed by atoms with Gasteiger partial charge in [-0.15, -0.1) is 0 Å². The predicted molar refractivity (Wildman–Crippen MR) is 97.8 cm³/mol. The third-order valence-corrected chi connectivity index (χ3v) is 5.35. The Morgan fingerprint density at radius 3 is 2.56 bits per heavy atom. The molecule has 4 heteroatoms. The lowest BCUT2D eigenvalue weighted by molar-refractivity contribution is 0.0730. The largest absolute Gasteiger partial charge is 0.423 e. The number of esters is 1. The molecule has 2 aromatic rings. The van der Waals surface area contributed by atoms with E-state index in [1.165, 1.54) is 37.5 Å². The van der Waals surface area contributed by atoms with Crippen molar-refractivity contribution in [3.63, 3.8) is 0 Å². The number of benzene rings is 2. The van der Waals surface area contributed by atoms with Crippen LogP contribution in [0.2, 0.25) is 5.02 Å². The van der Waals surface area contributed by atoms with Crippen molar-refractivity contribution < 1.29 is 13.9 Å². The highest BCUT2D eigenvalue weighted by Gasteiger charge is 2.23. The summed E-state index contributed by atoms with van der Waals surface area (Å²) in [5, 5.41) is 0.462. The highest BCUT2D eigenvalue weighted by Crippen LogP contribution is 2.37. The van der Waals surface area contributed by atoms with Gasteiger partial charge in [0.05, 0.1) is 5.56 Å². The van der Waals surface area contributed by atoms with Gasteiger partial charge in [0.15, 0.2) is 0 Å². The molecule has 0 amide bonds. The molecule has 0 unspecified atom stereocenters. The van der Waals surface area contributed by atoms with Gasteiger partial charge in [0, 0.05) is 5.02 Å². The van der Waals surface area contributed by atoms with Gasteiger partial charge in [0.25, 0.3) is 0 Å². The quantitative estimate of drug-likeness (QED) is 0.467. The van der Waals surface area contributed by atoms with Gasteiger partial charge >= 0.3 is 5.97 Å². The van der Waals surface area contributed by atoms with E-state index in [1.807, 2.05) is 6.07 Å². The summed E-state index contributed by atoms with van der Waals surface area (Å²) in [6.45, 7) is 2.23. The summed E-state index contributed by atoms with van der Waals surface area (Å²) >= 11 is 5.87. The molecular formula is C21H22ClFO2. The molecule has 0 aromatic heterocycles. The lowest BCUT2D eigenvalue weighted by Gasteiger charge is -2.28. The van der Waals surface area contributed by atoms with Crippen molar-refractivity contribution in [2.45, 2.75) is 44.9 Å². The molecule has 0 N–H and O–H groups in total. The molecule has 0 radical (unpaired) electrons. The van der Waals surface area contributed by atoms with E-state index in [4.69, 9.17) is 16.3 Å². The van der Waals surface area contributed by atoms with Crippen LogP contribution in [0.5, 0.6) is 5.75 Å². The topological polar surface area (TPSA) is 26.3 Å². The summed E-state index contributed by atoms with van der Waals surface area (Å²) in [6, 6.07) is 11.4. The number of hydrogen-bond donors (Lipinski definition) is 0. The second-order valence-corrected chi connectivity index (χ2v) is 7.15. The maximum Gasteiger partial charge on any atom is 0.346 e. The van der Waals surface area contributed by atoms with Crippen LogP contribution in [-0.2, 0) is 0 Å². The number of carbonyl (C=O) groups is 1. The summed E-state index contributed by atoms with van der Waals surface area (Å²) in [7, 11) is 0. The van der Waals surface area contributed by atoms with Crippen molar-refractivity contribution in [3.05, 3.63) is 64.4 Å². The smallest absolute Gasteiger partial charge is 0.346 e. The summed E-state index contributed by atoms with van der Waals surface area (Å²) in [5.41, 5.74) is 0.928. The molecule has 1 aliphatic carbocycles. The van der Waals surface area contributed by atoms with Gasteiger partial charge in [-0.25, -0.2) is 9.18 Å². The molecule has 0 atom stereocenters. The Kier molecular flexibility index (Phi) is 5.74. The normalized spacial score (nSPS) is 20.3. The molecule has 0 heterocycles. The first kappa shape index (κ1) is 17.9. The van der Waals surface area contributed by atoms with Gasteiger partial charge in [-0.1, -0.05) is 37.1 Å². The van der Waals surface area contributed by atoms with Crippen LogP contribution >= 0.6 is 11.6 Å². The maximum absolute atomic E-state index is 14.5. The first-order chi connectivity index (χ1) is 12.1. The van der Waals surface area contributed by atoms with E-state index in [2.05, 4.69) is 6.92 Å². The fourth-order valence-electron chi connectivity index (χ4n) is 3.55. The summed E-state index contributed by atoms with van der Waals surface area (Å²) in [4.78, 5) is 12.2. The highest BCUT2D eigenvalue weighted by atomic mass is 35.5. The first-order valence-corrected chi connectivity index (χ1v) is 9.21. The van der Waals surface area contributed by atoms with Gasteiger partial charge in [0.1, 0.15) is 11.6 Å². The zero-order chi connectivity index (χ0) is 17.8. The van der Waals surface area contributed by atoms with E-state index in [9.17, 15) is 9.18 Å². The molecule has 1 fully saturated rings. The van der Waals surface area contributed by atoms with Crippen molar-refractivity contribution in [2.24, 2.45) is 5.92 Å². The van der Waals surface area contributed by atoms with Crippen molar-refractivity contribution in [3.8, 4) is 5.75 Å². The Morgan fingerprint density at radius 1 is 1.16 bits per heavy atom. The van der Waals surface area contributed by atoms with Crippen LogP contribution in [0.1, 0.15) is 60.9 Å². The minimum absolute atomic E-state index is 0.0500. The molecule has 132 valence electrons. The molecular weight excluding hydrogens is 339 g/mol. The SMILES string of the molecule is CCC1CCC(c2ccc(C(=O)Oc3cccc(Cl)c3)c(F)c2)CC1. The molecule has 0 aliphatic heterocycles. The number of carbonyl (C=O) groups excluding carboxylic acids is 1. The van der Waals surface area contributed by atoms with Crippen molar-refractivity contribution in [1.82, 2.24) is 0 Å². The second kappa shape index (κ2) is 8.01. The van der Waals surface area contributed by atoms with Crippen molar-refractivity contribution in [1.29, 1.82) is 0 Å². The van der Waals surface area contributed by atoms with E-state index in [0.29, 0.717) is 16.7 Å². The average molecular weight is 361 g/mol. The van der Waals surface area contributed by atoms with Crippen LogP contribution < -0.4 is 4.74 Å². The Labute approximate surface area is 153 Å². The molecule has 2 nitrogen and oxygen atoms in total. The lowest BCUT2D eigenvalue weighted by Crippen LogP contribution is -2.14. The Balaban J connectivity index is 1.70. The minimum Gasteiger partial charge on any atom is -0.423 e. The minimum atomic E-state index is -0.707. The van der Waals surface area contributed by atoms with E-state index in [-0.39, 0.29) is 5.56 Å². The van der Waals surface area contributed by atoms with Gasteiger partial charge in [0.2, 0.25) is 0 Å². The molecule has 2 aromatic carbocycles. The van der Waals surface area contributed by atoms with Gasteiger partial charge in [-0.2, -0.15) is 0 Å².